The molecule has 1 aromatic heterocycles. The van der Waals surface area contributed by atoms with Gasteiger partial charge in [0.1, 0.15) is 6.29 Å². The highest BCUT2D eigenvalue weighted by Crippen LogP contribution is 2.26. The van der Waals surface area contributed by atoms with Gasteiger partial charge in [-0.15, -0.1) is 11.3 Å². The van der Waals surface area contributed by atoms with Crippen LogP contribution in [0.5, 0.6) is 0 Å². The molecule has 200 valence electrons. The fourth-order valence-corrected chi connectivity index (χ4v) is 4.82. The summed E-state index contributed by atoms with van der Waals surface area (Å²) in [5, 5.41) is 10.6. The average Bonchev–Trinajstić information content (AvgIpc) is 3.30. The maximum atomic E-state index is 12.4. The molecule has 0 spiro atoms. The number of carbonyl (C=O) groups excluding carboxylic acids is 3. The first-order valence-corrected chi connectivity index (χ1v) is 13.4. The number of rotatable bonds is 10. The Hall–Kier alpha value is -2.33. The number of amides is 2. The molecule has 2 heterocycles. The maximum Gasteiger partial charge on any atom is 0.220 e. The minimum atomic E-state index is 0.0871. The molecular formula is C26H39ClN4O4S. The van der Waals surface area contributed by atoms with Gasteiger partial charge in [-0.05, 0) is 56.5 Å². The number of hydrogen-bond acceptors (Lipinski definition) is 7. The van der Waals surface area contributed by atoms with Crippen molar-refractivity contribution in [2.24, 2.45) is 5.92 Å². The van der Waals surface area contributed by atoms with Gasteiger partial charge in [-0.2, -0.15) is 0 Å². The molecule has 3 rings (SSSR count). The maximum absolute atomic E-state index is 12.4. The molecule has 0 saturated carbocycles. The molecule has 0 radical (unpaired) electrons. The first-order valence-electron chi connectivity index (χ1n) is 12.2. The van der Waals surface area contributed by atoms with Gasteiger partial charge in [-0.1, -0.05) is 25.1 Å². The molecule has 1 unspecified atom stereocenters. The van der Waals surface area contributed by atoms with E-state index in [4.69, 9.17) is 21.1 Å². The second-order valence-corrected chi connectivity index (χ2v) is 9.75. The Morgan fingerprint density at radius 2 is 1.94 bits per heavy atom. The molecule has 10 heteroatoms. The van der Waals surface area contributed by atoms with Crippen LogP contribution in [0.2, 0.25) is 5.02 Å². The summed E-state index contributed by atoms with van der Waals surface area (Å²) < 4.78 is 6.49. The normalized spacial score (nSPS) is 13.9. The van der Waals surface area contributed by atoms with Crippen LogP contribution in [0.4, 0.5) is 0 Å². The molecule has 2 aromatic rings. The van der Waals surface area contributed by atoms with Crippen molar-refractivity contribution < 1.29 is 19.1 Å². The molecule has 3 N–H and O–H groups in total. The van der Waals surface area contributed by atoms with Crippen molar-refractivity contribution in [2.45, 2.75) is 51.5 Å². The summed E-state index contributed by atoms with van der Waals surface area (Å²) in [4.78, 5) is 36.3. The lowest BCUT2D eigenvalue weighted by molar-refractivity contribution is -0.122. The number of allylic oxidation sites excluding steroid dienone is 1. The fraction of sp³-hybridized carbons (Fsp3) is 0.538. The number of ether oxygens (including phenoxy) is 1. The summed E-state index contributed by atoms with van der Waals surface area (Å²) in [6, 6.07) is 5.85. The van der Waals surface area contributed by atoms with Crippen molar-refractivity contribution in [1.82, 2.24) is 20.9 Å². The molecule has 1 aliphatic rings. The van der Waals surface area contributed by atoms with Gasteiger partial charge in [0.05, 0.1) is 15.2 Å². The number of hydrogen-bond donors (Lipinski definition) is 3. The van der Waals surface area contributed by atoms with Gasteiger partial charge in [0.15, 0.2) is 0 Å². The predicted molar refractivity (Wildman–Crippen MR) is 148 cm³/mol. The van der Waals surface area contributed by atoms with E-state index >= 15 is 0 Å². The molecule has 0 bridgehead atoms. The van der Waals surface area contributed by atoms with Crippen LogP contribution in [0.15, 0.2) is 30.9 Å². The summed E-state index contributed by atoms with van der Waals surface area (Å²) in [5.74, 6) is 0.696. The van der Waals surface area contributed by atoms with Crippen LogP contribution < -0.4 is 16.0 Å². The highest BCUT2D eigenvalue weighted by atomic mass is 35.5. The molecule has 36 heavy (non-hydrogen) atoms. The largest absolute Gasteiger partial charge is 0.381 e. The third-order valence-corrected chi connectivity index (χ3v) is 6.73. The summed E-state index contributed by atoms with van der Waals surface area (Å²) in [7, 11) is 3.57. The van der Waals surface area contributed by atoms with E-state index in [0.29, 0.717) is 36.5 Å². The topological polar surface area (TPSA) is 109 Å². The third-order valence-electron chi connectivity index (χ3n) is 5.42. The van der Waals surface area contributed by atoms with Crippen LogP contribution >= 0.6 is 22.9 Å². The quantitative estimate of drug-likeness (QED) is 0.312. The summed E-state index contributed by atoms with van der Waals surface area (Å²) in [5.41, 5.74) is 0.945. The molecule has 1 atom stereocenters. The summed E-state index contributed by atoms with van der Waals surface area (Å²) in [6.07, 6.45) is 6.53. The van der Waals surface area contributed by atoms with Gasteiger partial charge in [0.25, 0.3) is 0 Å². The van der Waals surface area contributed by atoms with E-state index in [1.165, 1.54) is 6.08 Å². The van der Waals surface area contributed by atoms with E-state index in [-0.39, 0.29) is 17.9 Å². The number of nitrogens with zero attached hydrogens (tertiary/aromatic N) is 1. The lowest BCUT2D eigenvalue weighted by Crippen LogP contribution is -2.47. The smallest absolute Gasteiger partial charge is 0.220 e. The average molecular weight is 539 g/mol. The Balaban J connectivity index is 0.000000496. The lowest BCUT2D eigenvalue weighted by Gasteiger charge is -2.31. The van der Waals surface area contributed by atoms with Crippen LogP contribution in [-0.2, 0) is 25.5 Å². The van der Waals surface area contributed by atoms with Gasteiger partial charge in [-0.3, -0.25) is 14.4 Å². The van der Waals surface area contributed by atoms with Crippen molar-refractivity contribution in [3.8, 4) is 0 Å². The monoisotopic (exact) mass is 538 g/mol. The number of aryl methyl sites for hydroxylation is 1. The number of likely N-dealkylation sites (N-methyl/N-ethyl adjacent to an activating group) is 1. The molecule has 1 saturated heterocycles. The Kier molecular flexibility index (Phi) is 16.6. The second-order valence-electron chi connectivity index (χ2n) is 8.20. The van der Waals surface area contributed by atoms with Crippen LogP contribution in [0.1, 0.15) is 44.0 Å². The van der Waals surface area contributed by atoms with Gasteiger partial charge >= 0.3 is 0 Å². The van der Waals surface area contributed by atoms with E-state index in [9.17, 15) is 9.59 Å². The third kappa shape index (κ3) is 12.6. The zero-order valence-electron chi connectivity index (χ0n) is 21.5. The van der Waals surface area contributed by atoms with Crippen LogP contribution in [0, 0.1) is 5.92 Å². The van der Waals surface area contributed by atoms with Gasteiger partial charge in [0.2, 0.25) is 11.8 Å². The van der Waals surface area contributed by atoms with E-state index in [2.05, 4.69) is 27.5 Å². The number of carbonyl (C=O) groups is 3. The molecule has 0 aliphatic carbocycles. The van der Waals surface area contributed by atoms with Crippen molar-refractivity contribution in [2.75, 3.05) is 33.9 Å². The number of halogens is 1. The summed E-state index contributed by atoms with van der Waals surface area (Å²) in [6.45, 7) is 7.45. The zero-order chi connectivity index (χ0) is 26.8. The number of nitrogens with one attached hydrogen (secondary N) is 3. The molecule has 1 fully saturated rings. The number of thiazole rings is 1. The Labute approximate surface area is 223 Å². The van der Waals surface area contributed by atoms with Crippen molar-refractivity contribution in [1.29, 1.82) is 0 Å². The Bertz CT molecular complexity index is 941. The van der Waals surface area contributed by atoms with Crippen molar-refractivity contribution in [3.05, 3.63) is 40.9 Å². The van der Waals surface area contributed by atoms with Crippen LogP contribution in [0.3, 0.4) is 0 Å². The van der Waals surface area contributed by atoms with Gasteiger partial charge in [0, 0.05) is 57.1 Å². The van der Waals surface area contributed by atoms with Crippen LogP contribution in [-0.4, -0.2) is 63.0 Å². The minimum Gasteiger partial charge on any atom is -0.381 e. The molecule has 8 nitrogen and oxygen atoms in total. The molecular weight excluding hydrogens is 500 g/mol. The molecule has 2 amide bonds. The van der Waals surface area contributed by atoms with Gasteiger partial charge < -0.3 is 20.7 Å². The fourth-order valence-electron chi connectivity index (χ4n) is 3.58. The minimum absolute atomic E-state index is 0.0871. The van der Waals surface area contributed by atoms with E-state index < -0.39 is 0 Å². The first-order chi connectivity index (χ1) is 17.4. The van der Waals surface area contributed by atoms with Crippen LogP contribution in [0.25, 0.3) is 10.2 Å². The van der Waals surface area contributed by atoms with E-state index in [0.717, 1.165) is 54.2 Å². The second kappa shape index (κ2) is 18.9. The lowest BCUT2D eigenvalue weighted by atomic mass is 9.91. The first kappa shape index (κ1) is 31.7. The van der Waals surface area contributed by atoms with Crippen molar-refractivity contribution in [3.63, 3.8) is 0 Å². The standard InChI is InChI=1S/C18H24ClN3O2S.C5H11NO.C3H4O/c1-20-11-15(12-6-8-24-9-7-12)21-17(23)4-5-18-22-14-3-2-13(19)10-16(14)25-18;1-3-4-5(7)6-2;1-2-3-4/h2-3,10,12,15,20H,4-9,11H2,1H3,(H,21,23);3-4H2,1-2H3,(H,6,7);2-3H,1H2. The zero-order valence-corrected chi connectivity index (χ0v) is 23.1. The van der Waals surface area contributed by atoms with Crippen molar-refractivity contribution >= 4 is 51.3 Å². The molecule has 1 aromatic carbocycles. The number of aldehydes is 1. The number of benzene rings is 1. The number of aromatic nitrogens is 1. The van der Waals surface area contributed by atoms with E-state index in [1.54, 1.807) is 18.4 Å². The van der Waals surface area contributed by atoms with Gasteiger partial charge in [-0.25, -0.2) is 4.98 Å². The Morgan fingerprint density at radius 3 is 2.50 bits per heavy atom. The predicted octanol–water partition coefficient (Wildman–Crippen LogP) is 3.92. The highest BCUT2D eigenvalue weighted by molar-refractivity contribution is 7.18. The number of fused-ring (bicyclic) bond motifs is 1. The Morgan fingerprint density at radius 1 is 1.25 bits per heavy atom. The SMILES string of the molecule is C=CC=O.CCCC(=O)NC.CNCC(NC(=O)CCc1nc2ccc(Cl)cc2s1)C1CCOCC1. The summed E-state index contributed by atoms with van der Waals surface area (Å²) >= 11 is 7.62. The highest BCUT2D eigenvalue weighted by Gasteiger charge is 2.25. The van der Waals surface area contributed by atoms with E-state index in [1.807, 2.05) is 32.2 Å². The molecule has 1 aliphatic heterocycles.